The number of para-hydroxylation sites is 1. The number of halogens is 2. The fourth-order valence-corrected chi connectivity index (χ4v) is 2.80. The van der Waals surface area contributed by atoms with E-state index >= 15 is 0 Å². The van der Waals surface area contributed by atoms with Crippen LogP contribution in [0.15, 0.2) is 52.0 Å². The summed E-state index contributed by atoms with van der Waals surface area (Å²) in [5.41, 5.74) is 0.113. The molecular formula is C18H14BrFN2O3. The first-order chi connectivity index (χ1) is 12.0. The number of esters is 1. The normalized spacial score (nSPS) is 10.8. The van der Waals surface area contributed by atoms with Gasteiger partial charge in [-0.25, -0.2) is 9.18 Å². The van der Waals surface area contributed by atoms with Gasteiger partial charge in [0.2, 0.25) is 5.43 Å². The maximum atomic E-state index is 14.4. The number of ether oxygens (including phenoxy) is 1. The Morgan fingerprint density at radius 2 is 2.12 bits per heavy atom. The van der Waals surface area contributed by atoms with Crippen molar-refractivity contribution in [2.75, 3.05) is 6.61 Å². The number of carbonyl (C=O) groups is 1. The maximum Gasteiger partial charge on any atom is 0.343 e. The van der Waals surface area contributed by atoms with E-state index in [1.807, 2.05) is 6.07 Å². The van der Waals surface area contributed by atoms with Crippen molar-refractivity contribution in [1.82, 2.24) is 9.55 Å². The molecule has 3 rings (SSSR count). The highest BCUT2D eigenvalue weighted by Gasteiger charge is 2.18. The predicted molar refractivity (Wildman–Crippen MR) is 95.2 cm³/mol. The van der Waals surface area contributed by atoms with E-state index in [1.54, 1.807) is 19.2 Å². The van der Waals surface area contributed by atoms with Crippen LogP contribution >= 0.6 is 15.9 Å². The molecule has 0 spiro atoms. The molecule has 1 aromatic carbocycles. The van der Waals surface area contributed by atoms with Crippen LogP contribution in [0, 0.1) is 5.82 Å². The number of hydrogen-bond acceptors (Lipinski definition) is 4. The van der Waals surface area contributed by atoms with E-state index < -0.39 is 17.2 Å². The number of pyridine rings is 2. The minimum Gasteiger partial charge on any atom is -0.462 e. The van der Waals surface area contributed by atoms with Gasteiger partial charge in [0, 0.05) is 22.3 Å². The van der Waals surface area contributed by atoms with Crippen molar-refractivity contribution >= 4 is 32.8 Å². The second-order valence-corrected chi connectivity index (χ2v) is 6.24. The molecule has 0 saturated heterocycles. The molecule has 2 aromatic heterocycles. The van der Waals surface area contributed by atoms with Crippen molar-refractivity contribution in [3.63, 3.8) is 0 Å². The van der Waals surface area contributed by atoms with Gasteiger partial charge in [-0.1, -0.05) is 6.07 Å². The van der Waals surface area contributed by atoms with Gasteiger partial charge in [-0.05, 0) is 47.1 Å². The lowest BCUT2D eigenvalue weighted by atomic mass is 10.1. The van der Waals surface area contributed by atoms with E-state index in [1.165, 1.54) is 29.0 Å². The van der Waals surface area contributed by atoms with E-state index in [4.69, 9.17) is 4.74 Å². The summed E-state index contributed by atoms with van der Waals surface area (Å²) in [6.07, 6.45) is 2.96. The molecule has 0 aliphatic carbocycles. The molecule has 7 heteroatoms. The molecule has 0 atom stereocenters. The van der Waals surface area contributed by atoms with Crippen LogP contribution in [0.2, 0.25) is 0 Å². The zero-order valence-electron chi connectivity index (χ0n) is 13.3. The molecule has 0 N–H and O–H groups in total. The molecule has 0 saturated carbocycles. The Hall–Kier alpha value is -2.54. The molecule has 2 heterocycles. The van der Waals surface area contributed by atoms with E-state index in [2.05, 4.69) is 20.9 Å². The monoisotopic (exact) mass is 404 g/mol. The van der Waals surface area contributed by atoms with Gasteiger partial charge in [0.1, 0.15) is 11.4 Å². The molecule has 3 aromatic rings. The third-order valence-electron chi connectivity index (χ3n) is 3.66. The van der Waals surface area contributed by atoms with E-state index in [0.717, 1.165) is 4.47 Å². The SMILES string of the molecule is CCOC(=O)c1cn(Cc2ccc(Br)cn2)c2c(F)cccc2c1=O. The molecule has 128 valence electrons. The van der Waals surface area contributed by atoms with Gasteiger partial charge in [0.25, 0.3) is 0 Å². The lowest BCUT2D eigenvalue weighted by molar-refractivity contribution is 0.0524. The minimum atomic E-state index is -0.726. The lowest BCUT2D eigenvalue weighted by Gasteiger charge is -2.13. The molecular weight excluding hydrogens is 391 g/mol. The van der Waals surface area contributed by atoms with Crippen molar-refractivity contribution in [3.8, 4) is 0 Å². The first kappa shape index (κ1) is 17.3. The zero-order chi connectivity index (χ0) is 18.0. The van der Waals surface area contributed by atoms with Gasteiger partial charge in [0.05, 0.1) is 24.4 Å². The Morgan fingerprint density at radius 1 is 1.32 bits per heavy atom. The smallest absolute Gasteiger partial charge is 0.343 e. The summed E-state index contributed by atoms with van der Waals surface area (Å²) in [6, 6.07) is 7.80. The van der Waals surface area contributed by atoms with E-state index in [0.29, 0.717) is 5.69 Å². The van der Waals surface area contributed by atoms with Crippen LogP contribution in [0.1, 0.15) is 23.0 Å². The number of rotatable bonds is 4. The number of aromatic nitrogens is 2. The topological polar surface area (TPSA) is 61.2 Å². The fourth-order valence-electron chi connectivity index (χ4n) is 2.57. The Morgan fingerprint density at radius 3 is 2.80 bits per heavy atom. The summed E-state index contributed by atoms with van der Waals surface area (Å²) in [4.78, 5) is 28.9. The number of benzene rings is 1. The summed E-state index contributed by atoms with van der Waals surface area (Å²) in [5, 5.41) is 0.127. The first-order valence-corrected chi connectivity index (χ1v) is 8.39. The van der Waals surface area contributed by atoms with Gasteiger partial charge in [0.15, 0.2) is 0 Å². The molecule has 5 nitrogen and oxygen atoms in total. The van der Waals surface area contributed by atoms with Crippen molar-refractivity contribution in [3.05, 3.63) is 74.5 Å². The second-order valence-electron chi connectivity index (χ2n) is 5.32. The van der Waals surface area contributed by atoms with Crippen LogP contribution < -0.4 is 5.43 Å². The van der Waals surface area contributed by atoms with Gasteiger partial charge in [-0.15, -0.1) is 0 Å². The molecule has 0 bridgehead atoms. The van der Waals surface area contributed by atoms with E-state index in [-0.39, 0.29) is 29.6 Å². The van der Waals surface area contributed by atoms with Crippen molar-refractivity contribution in [1.29, 1.82) is 0 Å². The highest BCUT2D eigenvalue weighted by atomic mass is 79.9. The largest absolute Gasteiger partial charge is 0.462 e. The Kier molecular flexibility index (Phi) is 4.94. The fraction of sp³-hybridized carbons (Fsp3) is 0.167. The highest BCUT2D eigenvalue weighted by molar-refractivity contribution is 9.10. The third-order valence-corrected chi connectivity index (χ3v) is 4.13. The van der Waals surface area contributed by atoms with Gasteiger partial charge < -0.3 is 9.30 Å². The first-order valence-electron chi connectivity index (χ1n) is 7.60. The van der Waals surface area contributed by atoms with Crippen LogP contribution in [0.25, 0.3) is 10.9 Å². The Bertz CT molecular complexity index is 1000. The van der Waals surface area contributed by atoms with Crippen LogP contribution in [-0.2, 0) is 11.3 Å². The molecule has 0 fully saturated rings. The summed E-state index contributed by atoms with van der Waals surface area (Å²) >= 11 is 3.31. The number of hydrogen-bond donors (Lipinski definition) is 0. The van der Waals surface area contributed by atoms with E-state index in [9.17, 15) is 14.0 Å². The van der Waals surface area contributed by atoms with Crippen LogP contribution in [0.3, 0.4) is 0 Å². The maximum absolute atomic E-state index is 14.4. The average Bonchev–Trinajstić information content (AvgIpc) is 2.59. The zero-order valence-corrected chi connectivity index (χ0v) is 14.9. The number of nitrogens with zero attached hydrogens (tertiary/aromatic N) is 2. The molecule has 0 amide bonds. The summed E-state index contributed by atoms with van der Waals surface area (Å²) < 4.78 is 21.6. The summed E-state index contributed by atoms with van der Waals surface area (Å²) in [7, 11) is 0. The molecule has 0 unspecified atom stereocenters. The van der Waals surface area contributed by atoms with Gasteiger partial charge >= 0.3 is 5.97 Å². The van der Waals surface area contributed by atoms with Gasteiger partial charge in [-0.2, -0.15) is 0 Å². The quantitative estimate of drug-likeness (QED) is 0.624. The van der Waals surface area contributed by atoms with Crippen molar-refractivity contribution in [2.45, 2.75) is 13.5 Å². The van der Waals surface area contributed by atoms with Crippen LogP contribution in [0.4, 0.5) is 4.39 Å². The Labute approximate surface area is 151 Å². The number of carbonyl (C=O) groups excluding carboxylic acids is 1. The minimum absolute atomic E-state index is 0.127. The summed E-state index contributed by atoms with van der Waals surface area (Å²) in [5.74, 6) is -1.27. The third kappa shape index (κ3) is 3.46. The number of fused-ring (bicyclic) bond motifs is 1. The lowest BCUT2D eigenvalue weighted by Crippen LogP contribution is -2.22. The highest BCUT2D eigenvalue weighted by Crippen LogP contribution is 2.18. The molecule has 0 radical (unpaired) electrons. The average molecular weight is 405 g/mol. The Balaban J connectivity index is 2.21. The predicted octanol–water partition coefficient (Wildman–Crippen LogP) is 3.52. The molecule has 25 heavy (non-hydrogen) atoms. The molecule has 0 aliphatic heterocycles. The van der Waals surface area contributed by atoms with Crippen molar-refractivity contribution in [2.24, 2.45) is 0 Å². The standard InChI is InChI=1S/C18H14BrFN2O3/c1-2-25-18(24)14-10-22(9-12-7-6-11(19)8-21-12)16-13(17(14)23)4-3-5-15(16)20/h3-8,10H,2,9H2,1H3. The van der Waals surface area contributed by atoms with Crippen LogP contribution in [-0.4, -0.2) is 22.1 Å². The molecule has 0 aliphatic rings. The summed E-state index contributed by atoms with van der Waals surface area (Å²) in [6.45, 7) is 2.01. The van der Waals surface area contributed by atoms with Crippen LogP contribution in [0.5, 0.6) is 0 Å². The second kappa shape index (κ2) is 7.14. The van der Waals surface area contributed by atoms with Crippen molar-refractivity contribution < 1.29 is 13.9 Å². The van der Waals surface area contributed by atoms with Gasteiger partial charge in [-0.3, -0.25) is 9.78 Å².